The number of carbonyl (C=O) groups is 1. The quantitative estimate of drug-likeness (QED) is 0.802. The van der Waals surface area contributed by atoms with Crippen LogP contribution in [0.1, 0.15) is 36.5 Å². The summed E-state index contributed by atoms with van der Waals surface area (Å²) in [5.41, 5.74) is 1.48. The van der Waals surface area contributed by atoms with Crippen LogP contribution in [0.15, 0.2) is 24.3 Å². The van der Waals surface area contributed by atoms with E-state index in [1.807, 2.05) is 18.2 Å². The standard InChI is InChI=1S/C13H17N5O/c1-3-8-18-13(15-16-17-18)9-14-12-7-5-4-6-11(12)10(2)19/h4-7,14H,3,8-9H2,1-2H3. The maximum Gasteiger partial charge on any atom is 0.170 e. The first-order valence-electron chi connectivity index (χ1n) is 6.31. The van der Waals surface area contributed by atoms with Crippen molar-refractivity contribution in [3.8, 4) is 0 Å². The molecule has 0 atom stereocenters. The number of Topliss-reactive ketones (excluding diaryl/α,β-unsaturated/α-hetero) is 1. The number of nitrogens with zero attached hydrogens (tertiary/aromatic N) is 4. The highest BCUT2D eigenvalue weighted by atomic mass is 16.1. The Balaban J connectivity index is 2.10. The smallest absolute Gasteiger partial charge is 0.170 e. The van der Waals surface area contributed by atoms with Gasteiger partial charge in [-0.15, -0.1) is 5.10 Å². The largest absolute Gasteiger partial charge is 0.377 e. The van der Waals surface area contributed by atoms with E-state index in [-0.39, 0.29) is 5.78 Å². The summed E-state index contributed by atoms with van der Waals surface area (Å²) in [5, 5.41) is 14.8. The summed E-state index contributed by atoms with van der Waals surface area (Å²) in [6.45, 7) is 4.92. The van der Waals surface area contributed by atoms with Gasteiger partial charge in [-0.2, -0.15) is 0 Å². The van der Waals surface area contributed by atoms with Crippen LogP contribution in [0.4, 0.5) is 5.69 Å². The number of carbonyl (C=O) groups excluding carboxylic acids is 1. The zero-order chi connectivity index (χ0) is 13.7. The Kier molecular flexibility index (Phi) is 4.22. The van der Waals surface area contributed by atoms with Crippen molar-refractivity contribution in [1.29, 1.82) is 0 Å². The van der Waals surface area contributed by atoms with Crippen molar-refractivity contribution < 1.29 is 4.79 Å². The van der Waals surface area contributed by atoms with E-state index in [2.05, 4.69) is 27.8 Å². The number of tetrazole rings is 1. The number of aromatic nitrogens is 4. The number of benzene rings is 1. The first kappa shape index (κ1) is 13.2. The van der Waals surface area contributed by atoms with Crippen LogP contribution < -0.4 is 5.32 Å². The van der Waals surface area contributed by atoms with Gasteiger partial charge in [0, 0.05) is 17.8 Å². The molecule has 1 heterocycles. The fourth-order valence-corrected chi connectivity index (χ4v) is 1.85. The molecule has 0 spiro atoms. The maximum absolute atomic E-state index is 11.5. The first-order chi connectivity index (χ1) is 9.22. The summed E-state index contributed by atoms with van der Waals surface area (Å²) in [7, 11) is 0. The molecule has 19 heavy (non-hydrogen) atoms. The molecule has 0 aliphatic heterocycles. The Labute approximate surface area is 111 Å². The number of anilines is 1. The lowest BCUT2D eigenvalue weighted by molar-refractivity contribution is 0.101. The van der Waals surface area contributed by atoms with E-state index in [1.54, 1.807) is 17.7 Å². The molecule has 0 unspecified atom stereocenters. The molecule has 1 aromatic carbocycles. The van der Waals surface area contributed by atoms with E-state index in [1.165, 1.54) is 0 Å². The molecule has 6 nitrogen and oxygen atoms in total. The molecule has 1 aromatic heterocycles. The maximum atomic E-state index is 11.5. The van der Waals surface area contributed by atoms with Crippen molar-refractivity contribution in [3.63, 3.8) is 0 Å². The lowest BCUT2D eigenvalue weighted by atomic mass is 10.1. The van der Waals surface area contributed by atoms with Gasteiger partial charge in [0.05, 0.1) is 6.54 Å². The summed E-state index contributed by atoms with van der Waals surface area (Å²) >= 11 is 0. The molecule has 1 N–H and O–H groups in total. The molecule has 0 bridgehead atoms. The van der Waals surface area contributed by atoms with E-state index in [4.69, 9.17) is 0 Å². The van der Waals surface area contributed by atoms with Gasteiger partial charge in [-0.3, -0.25) is 4.79 Å². The Bertz CT molecular complexity index is 564. The van der Waals surface area contributed by atoms with E-state index < -0.39 is 0 Å². The van der Waals surface area contributed by atoms with E-state index >= 15 is 0 Å². The summed E-state index contributed by atoms with van der Waals surface area (Å²) in [4.78, 5) is 11.5. The zero-order valence-electron chi connectivity index (χ0n) is 11.1. The fraction of sp³-hybridized carbons (Fsp3) is 0.385. The Morgan fingerprint density at radius 3 is 2.89 bits per heavy atom. The highest BCUT2D eigenvalue weighted by molar-refractivity contribution is 5.99. The third kappa shape index (κ3) is 3.15. The average Bonchev–Trinajstić information content (AvgIpc) is 2.84. The first-order valence-corrected chi connectivity index (χ1v) is 6.31. The van der Waals surface area contributed by atoms with Crippen LogP contribution in [0.25, 0.3) is 0 Å². The molecule has 0 aliphatic carbocycles. The number of nitrogens with one attached hydrogen (secondary N) is 1. The lowest BCUT2D eigenvalue weighted by Crippen LogP contribution is -2.11. The van der Waals surface area contributed by atoms with Crippen molar-refractivity contribution in [3.05, 3.63) is 35.7 Å². The molecule has 0 saturated carbocycles. The molecule has 0 fully saturated rings. The minimum Gasteiger partial charge on any atom is -0.377 e. The highest BCUT2D eigenvalue weighted by Gasteiger charge is 2.08. The monoisotopic (exact) mass is 259 g/mol. The van der Waals surface area contributed by atoms with Crippen LogP contribution in [-0.4, -0.2) is 26.0 Å². The highest BCUT2D eigenvalue weighted by Crippen LogP contribution is 2.16. The Morgan fingerprint density at radius 1 is 1.37 bits per heavy atom. The van der Waals surface area contributed by atoms with Gasteiger partial charge in [0.25, 0.3) is 0 Å². The summed E-state index contributed by atoms with van der Waals surface area (Å²) in [6.07, 6.45) is 0.974. The minimum absolute atomic E-state index is 0.0382. The van der Waals surface area contributed by atoms with Gasteiger partial charge in [-0.25, -0.2) is 4.68 Å². The van der Waals surface area contributed by atoms with Gasteiger partial charge in [-0.05, 0) is 35.9 Å². The molecule has 100 valence electrons. The van der Waals surface area contributed by atoms with Crippen molar-refractivity contribution in [1.82, 2.24) is 20.2 Å². The van der Waals surface area contributed by atoms with Crippen LogP contribution in [0.3, 0.4) is 0 Å². The van der Waals surface area contributed by atoms with Crippen LogP contribution in [0.5, 0.6) is 0 Å². The Hall–Kier alpha value is -2.24. The minimum atomic E-state index is 0.0382. The van der Waals surface area contributed by atoms with Gasteiger partial charge in [0.1, 0.15) is 0 Å². The normalized spacial score (nSPS) is 10.4. The zero-order valence-corrected chi connectivity index (χ0v) is 11.1. The predicted molar refractivity (Wildman–Crippen MR) is 71.9 cm³/mol. The van der Waals surface area contributed by atoms with Crippen LogP contribution in [-0.2, 0) is 13.1 Å². The molecular formula is C13H17N5O. The molecular weight excluding hydrogens is 242 g/mol. The summed E-state index contributed by atoms with van der Waals surface area (Å²) in [6, 6.07) is 7.43. The van der Waals surface area contributed by atoms with Gasteiger partial charge >= 0.3 is 0 Å². The van der Waals surface area contributed by atoms with Crippen LogP contribution in [0.2, 0.25) is 0 Å². The Morgan fingerprint density at radius 2 is 2.16 bits per heavy atom. The lowest BCUT2D eigenvalue weighted by Gasteiger charge is -2.09. The molecule has 0 radical (unpaired) electrons. The number of para-hydroxylation sites is 1. The number of aryl methyl sites for hydroxylation is 1. The number of rotatable bonds is 6. The predicted octanol–water partition coefficient (Wildman–Crippen LogP) is 1.90. The fourth-order valence-electron chi connectivity index (χ4n) is 1.85. The van der Waals surface area contributed by atoms with Crippen molar-refractivity contribution in [2.45, 2.75) is 33.4 Å². The van der Waals surface area contributed by atoms with Crippen LogP contribution >= 0.6 is 0 Å². The van der Waals surface area contributed by atoms with Crippen molar-refractivity contribution >= 4 is 11.5 Å². The van der Waals surface area contributed by atoms with Gasteiger partial charge in [0.2, 0.25) is 0 Å². The van der Waals surface area contributed by atoms with Crippen LogP contribution in [0, 0.1) is 0 Å². The molecule has 0 saturated heterocycles. The third-order valence-corrected chi connectivity index (χ3v) is 2.78. The molecule has 2 aromatic rings. The number of hydrogen-bond acceptors (Lipinski definition) is 5. The second kappa shape index (κ2) is 6.08. The van der Waals surface area contributed by atoms with E-state index in [0.717, 1.165) is 24.5 Å². The van der Waals surface area contributed by atoms with Gasteiger partial charge in [-0.1, -0.05) is 19.1 Å². The molecule has 6 heteroatoms. The SMILES string of the molecule is CCCn1nnnc1CNc1ccccc1C(C)=O. The molecule has 2 rings (SSSR count). The van der Waals surface area contributed by atoms with E-state index in [0.29, 0.717) is 12.1 Å². The topological polar surface area (TPSA) is 72.7 Å². The number of hydrogen-bond donors (Lipinski definition) is 1. The van der Waals surface area contributed by atoms with Gasteiger partial charge in [0.15, 0.2) is 11.6 Å². The second-order valence-electron chi connectivity index (χ2n) is 4.27. The third-order valence-electron chi connectivity index (χ3n) is 2.78. The summed E-state index contributed by atoms with van der Waals surface area (Å²) < 4.78 is 1.77. The second-order valence-corrected chi connectivity index (χ2v) is 4.27. The summed E-state index contributed by atoms with van der Waals surface area (Å²) in [5.74, 6) is 0.802. The molecule has 0 amide bonds. The van der Waals surface area contributed by atoms with Crippen molar-refractivity contribution in [2.24, 2.45) is 0 Å². The average molecular weight is 259 g/mol. The molecule has 0 aliphatic rings. The van der Waals surface area contributed by atoms with Crippen molar-refractivity contribution in [2.75, 3.05) is 5.32 Å². The van der Waals surface area contributed by atoms with E-state index in [9.17, 15) is 4.79 Å². The van der Waals surface area contributed by atoms with Gasteiger partial charge < -0.3 is 5.32 Å². The number of ketones is 1.